The topological polar surface area (TPSA) is 66.2 Å². The molecule has 0 spiro atoms. The first-order valence-electron chi connectivity index (χ1n) is 6.94. The fourth-order valence-electron chi connectivity index (χ4n) is 3.40. The van der Waals surface area contributed by atoms with Crippen molar-refractivity contribution in [2.75, 3.05) is 25.1 Å². The third-order valence-corrected chi connectivity index (χ3v) is 4.81. The van der Waals surface area contributed by atoms with Crippen molar-refractivity contribution in [2.24, 2.45) is 17.8 Å². The number of aryl methyl sites for hydroxylation is 1. The van der Waals surface area contributed by atoms with E-state index in [0.29, 0.717) is 29.7 Å². The monoisotopic (exact) mass is 305 g/mol. The molecule has 110 valence electrons. The second-order valence-electron chi connectivity index (χ2n) is 5.74. The van der Waals surface area contributed by atoms with Crippen molar-refractivity contribution in [3.8, 4) is 6.07 Å². The van der Waals surface area contributed by atoms with Gasteiger partial charge in [0.25, 0.3) is 0 Å². The molecule has 2 fully saturated rings. The van der Waals surface area contributed by atoms with Crippen molar-refractivity contribution < 1.29 is 9.53 Å². The number of rotatable bonds is 3. The van der Waals surface area contributed by atoms with Crippen molar-refractivity contribution >= 4 is 23.3 Å². The van der Waals surface area contributed by atoms with Gasteiger partial charge in [0.2, 0.25) is 0 Å². The molecular weight excluding hydrogens is 290 g/mol. The molecule has 1 unspecified atom stereocenters. The lowest BCUT2D eigenvalue weighted by molar-refractivity contribution is -0.141. The summed E-state index contributed by atoms with van der Waals surface area (Å²) < 4.78 is 4.72. The first-order chi connectivity index (χ1) is 10.0. The SMILES string of the molecule is COC(=O)CC1[C@H]2CN(c3cc(C)nc(Cl)c3C#N)C[C@@H]12. The van der Waals surface area contributed by atoms with Gasteiger partial charge in [0.1, 0.15) is 16.8 Å². The number of ether oxygens (including phenoxy) is 1. The average molecular weight is 306 g/mol. The standard InChI is InChI=1S/C15H16ClN3O2/c1-8-3-13(10(5-17)15(16)18-8)19-6-11-9(12(11)7-19)4-14(20)21-2/h3,9,11-12H,4,6-7H2,1-2H3/t9?,11-,12+. The molecule has 0 bridgehead atoms. The van der Waals surface area contributed by atoms with Crippen LogP contribution in [0.25, 0.3) is 0 Å². The molecule has 0 aromatic carbocycles. The van der Waals surface area contributed by atoms with Crippen molar-refractivity contribution in [3.63, 3.8) is 0 Å². The number of fused-ring (bicyclic) bond motifs is 1. The van der Waals surface area contributed by atoms with E-state index < -0.39 is 0 Å². The fraction of sp³-hybridized carbons (Fsp3) is 0.533. The maximum absolute atomic E-state index is 11.3. The molecular formula is C15H16ClN3O2. The third kappa shape index (κ3) is 2.44. The highest BCUT2D eigenvalue weighted by Gasteiger charge is 2.56. The number of hydrogen-bond acceptors (Lipinski definition) is 5. The van der Waals surface area contributed by atoms with E-state index in [4.69, 9.17) is 16.3 Å². The van der Waals surface area contributed by atoms with Crippen LogP contribution in [-0.4, -0.2) is 31.2 Å². The van der Waals surface area contributed by atoms with Crippen LogP contribution in [0.5, 0.6) is 0 Å². The number of nitrogens with zero attached hydrogens (tertiary/aromatic N) is 3. The van der Waals surface area contributed by atoms with E-state index in [2.05, 4.69) is 16.0 Å². The quantitative estimate of drug-likeness (QED) is 0.632. The fourth-order valence-corrected chi connectivity index (χ4v) is 3.67. The Bertz CT molecular complexity index is 629. The number of halogens is 1. The van der Waals surface area contributed by atoms with Gasteiger partial charge in [-0.1, -0.05) is 11.6 Å². The number of esters is 1. The molecule has 1 aliphatic carbocycles. The zero-order valence-corrected chi connectivity index (χ0v) is 12.7. The molecule has 3 atom stereocenters. The van der Waals surface area contributed by atoms with E-state index in [1.165, 1.54) is 7.11 Å². The van der Waals surface area contributed by atoms with Gasteiger partial charge in [-0.05, 0) is 30.7 Å². The number of carbonyl (C=O) groups is 1. The number of pyridine rings is 1. The number of aromatic nitrogens is 1. The zero-order chi connectivity index (χ0) is 15.1. The summed E-state index contributed by atoms with van der Waals surface area (Å²) in [5.74, 6) is 1.32. The molecule has 1 saturated carbocycles. The Labute approximate surface area is 128 Å². The Morgan fingerprint density at radius 2 is 2.24 bits per heavy atom. The normalized spacial score (nSPS) is 26.2. The van der Waals surface area contributed by atoms with Crippen molar-refractivity contribution in [1.82, 2.24) is 4.98 Å². The van der Waals surface area contributed by atoms with Crippen LogP contribution in [0.4, 0.5) is 5.69 Å². The molecule has 2 heterocycles. The van der Waals surface area contributed by atoms with Crippen LogP contribution in [0.15, 0.2) is 6.07 Å². The van der Waals surface area contributed by atoms with E-state index >= 15 is 0 Å². The number of methoxy groups -OCH3 is 1. The van der Waals surface area contributed by atoms with Gasteiger partial charge in [-0.2, -0.15) is 5.26 Å². The maximum Gasteiger partial charge on any atom is 0.305 e. The lowest BCUT2D eigenvalue weighted by Gasteiger charge is -2.23. The van der Waals surface area contributed by atoms with Crippen LogP contribution in [0.1, 0.15) is 17.7 Å². The van der Waals surface area contributed by atoms with Gasteiger partial charge in [-0.25, -0.2) is 4.98 Å². The first kappa shape index (κ1) is 14.2. The van der Waals surface area contributed by atoms with E-state index in [0.717, 1.165) is 24.5 Å². The van der Waals surface area contributed by atoms with E-state index in [1.54, 1.807) is 0 Å². The number of carbonyl (C=O) groups excluding carboxylic acids is 1. The summed E-state index contributed by atoms with van der Waals surface area (Å²) in [6, 6.07) is 4.05. The zero-order valence-electron chi connectivity index (χ0n) is 12.0. The van der Waals surface area contributed by atoms with E-state index in [-0.39, 0.29) is 11.1 Å². The van der Waals surface area contributed by atoms with Crippen molar-refractivity contribution in [1.29, 1.82) is 5.26 Å². The molecule has 0 radical (unpaired) electrons. The summed E-state index contributed by atoms with van der Waals surface area (Å²) in [5.41, 5.74) is 2.10. The number of anilines is 1. The van der Waals surface area contributed by atoms with Crippen molar-refractivity contribution in [2.45, 2.75) is 13.3 Å². The summed E-state index contributed by atoms with van der Waals surface area (Å²) in [5, 5.41) is 9.53. The van der Waals surface area contributed by atoms with Gasteiger partial charge in [-0.3, -0.25) is 4.79 Å². The minimum Gasteiger partial charge on any atom is -0.469 e. The maximum atomic E-state index is 11.3. The molecule has 0 amide bonds. The molecule has 21 heavy (non-hydrogen) atoms. The van der Waals surface area contributed by atoms with Gasteiger partial charge in [0.05, 0.1) is 12.8 Å². The van der Waals surface area contributed by atoms with Gasteiger partial charge < -0.3 is 9.64 Å². The Morgan fingerprint density at radius 3 is 2.81 bits per heavy atom. The minimum absolute atomic E-state index is 0.138. The summed E-state index contributed by atoms with van der Waals surface area (Å²) in [7, 11) is 1.42. The smallest absolute Gasteiger partial charge is 0.305 e. The lowest BCUT2D eigenvalue weighted by Crippen LogP contribution is -2.25. The van der Waals surface area contributed by atoms with Crippen LogP contribution < -0.4 is 4.90 Å². The van der Waals surface area contributed by atoms with Crippen LogP contribution in [0, 0.1) is 36.0 Å². The molecule has 6 heteroatoms. The highest BCUT2D eigenvalue weighted by molar-refractivity contribution is 6.31. The van der Waals surface area contributed by atoms with Crippen molar-refractivity contribution in [3.05, 3.63) is 22.5 Å². The Morgan fingerprint density at radius 1 is 1.57 bits per heavy atom. The minimum atomic E-state index is -0.138. The van der Waals surface area contributed by atoms with Gasteiger partial charge in [-0.15, -0.1) is 0 Å². The highest BCUT2D eigenvalue weighted by Crippen LogP contribution is 2.54. The molecule has 2 aliphatic rings. The predicted octanol–water partition coefficient (Wildman–Crippen LogP) is 2.16. The largest absolute Gasteiger partial charge is 0.469 e. The number of nitriles is 1. The Kier molecular flexibility index (Phi) is 3.50. The summed E-state index contributed by atoms with van der Waals surface area (Å²) >= 11 is 6.06. The van der Waals surface area contributed by atoms with E-state index in [9.17, 15) is 10.1 Å². The number of piperidine rings is 1. The Hall–Kier alpha value is -1.80. The van der Waals surface area contributed by atoms with Gasteiger partial charge >= 0.3 is 5.97 Å². The average Bonchev–Trinajstić information content (AvgIpc) is 2.89. The molecule has 1 aliphatic heterocycles. The van der Waals surface area contributed by atoms with Crippen LogP contribution in [0.2, 0.25) is 5.15 Å². The third-order valence-electron chi connectivity index (χ3n) is 4.54. The molecule has 3 rings (SSSR count). The first-order valence-corrected chi connectivity index (χ1v) is 7.32. The van der Waals surface area contributed by atoms with E-state index in [1.807, 2.05) is 13.0 Å². The summed E-state index contributed by atoms with van der Waals surface area (Å²) in [4.78, 5) is 17.6. The van der Waals surface area contributed by atoms with Gasteiger partial charge in [0.15, 0.2) is 0 Å². The Balaban J connectivity index is 1.73. The highest BCUT2D eigenvalue weighted by atomic mass is 35.5. The predicted molar refractivity (Wildman–Crippen MR) is 78.0 cm³/mol. The van der Waals surface area contributed by atoms with Crippen LogP contribution in [-0.2, 0) is 9.53 Å². The van der Waals surface area contributed by atoms with Crippen LogP contribution >= 0.6 is 11.6 Å². The molecule has 5 nitrogen and oxygen atoms in total. The molecule has 1 aromatic rings. The van der Waals surface area contributed by atoms with Gasteiger partial charge in [0, 0.05) is 25.2 Å². The second-order valence-corrected chi connectivity index (χ2v) is 6.10. The second kappa shape index (κ2) is 5.19. The molecule has 1 saturated heterocycles. The summed E-state index contributed by atoms with van der Waals surface area (Å²) in [6.07, 6.45) is 0.501. The van der Waals surface area contributed by atoms with Crippen LogP contribution in [0.3, 0.4) is 0 Å². The number of hydrogen-bond donors (Lipinski definition) is 0. The lowest BCUT2D eigenvalue weighted by atomic mass is 10.1. The molecule has 0 N–H and O–H groups in total. The molecule has 1 aromatic heterocycles. The summed E-state index contributed by atoms with van der Waals surface area (Å²) in [6.45, 7) is 3.59.